The number of nitrogens with one attached hydrogen (secondary N) is 1. The first kappa shape index (κ1) is 9.76. The third-order valence-electron chi connectivity index (χ3n) is 1.64. The predicted octanol–water partition coefficient (Wildman–Crippen LogP) is 0.578. The zero-order valence-electron chi connectivity index (χ0n) is 7.57. The Morgan fingerprint density at radius 3 is 2.77 bits per heavy atom. The van der Waals surface area contributed by atoms with Crippen molar-refractivity contribution < 1.29 is 14.7 Å². The lowest BCUT2D eigenvalue weighted by atomic mass is 10.2. The van der Waals surface area contributed by atoms with Gasteiger partial charge in [0.15, 0.2) is 0 Å². The zero-order chi connectivity index (χ0) is 9.68. The van der Waals surface area contributed by atoms with Crippen molar-refractivity contribution in [3.8, 4) is 11.6 Å². The van der Waals surface area contributed by atoms with Crippen LogP contribution < -0.4 is 15.0 Å². The molecule has 0 aliphatic rings. The van der Waals surface area contributed by atoms with Crippen LogP contribution in [-0.2, 0) is 6.54 Å². The Bertz CT molecular complexity index is 256. The van der Waals surface area contributed by atoms with E-state index in [4.69, 9.17) is 14.7 Å². The smallest absolute Gasteiger partial charge is 0.221 e. The van der Waals surface area contributed by atoms with Gasteiger partial charge in [-0.25, -0.2) is 10.5 Å². The van der Waals surface area contributed by atoms with Gasteiger partial charge in [-0.2, -0.15) is 0 Å². The quantitative estimate of drug-likeness (QED) is 0.670. The molecule has 0 bridgehead atoms. The monoisotopic (exact) mass is 184 g/mol. The summed E-state index contributed by atoms with van der Waals surface area (Å²) in [6.07, 6.45) is 1.58. The van der Waals surface area contributed by atoms with Crippen LogP contribution >= 0.6 is 0 Å². The Morgan fingerprint density at radius 1 is 1.46 bits per heavy atom. The summed E-state index contributed by atoms with van der Waals surface area (Å²) in [6, 6.07) is 1.70. The summed E-state index contributed by atoms with van der Waals surface area (Å²) in [7, 11) is 3.07. The van der Waals surface area contributed by atoms with Gasteiger partial charge in [0.05, 0.1) is 26.3 Å². The molecule has 1 aromatic rings. The molecule has 0 amide bonds. The minimum absolute atomic E-state index is 0.236. The zero-order valence-corrected chi connectivity index (χ0v) is 7.57. The van der Waals surface area contributed by atoms with Crippen molar-refractivity contribution in [3.05, 3.63) is 17.8 Å². The van der Waals surface area contributed by atoms with E-state index in [9.17, 15) is 0 Å². The highest BCUT2D eigenvalue weighted by Crippen LogP contribution is 2.24. The Labute approximate surface area is 76.3 Å². The van der Waals surface area contributed by atoms with E-state index in [-0.39, 0.29) is 6.54 Å². The Hall–Kier alpha value is -1.33. The number of pyridine rings is 1. The molecule has 0 spiro atoms. The molecule has 0 fully saturated rings. The molecule has 2 N–H and O–H groups in total. The number of hydrogen-bond acceptors (Lipinski definition) is 5. The summed E-state index contributed by atoms with van der Waals surface area (Å²) in [6.45, 7) is 0.236. The molecule has 72 valence electrons. The van der Waals surface area contributed by atoms with Gasteiger partial charge in [-0.1, -0.05) is 0 Å². The summed E-state index contributed by atoms with van der Waals surface area (Å²) in [5.41, 5.74) is 2.72. The van der Waals surface area contributed by atoms with Crippen LogP contribution in [0.25, 0.3) is 0 Å². The second-order valence-corrected chi connectivity index (χ2v) is 2.34. The maximum Gasteiger partial charge on any atom is 0.221 e. The Balaban J connectivity index is 3.05. The van der Waals surface area contributed by atoms with E-state index in [2.05, 4.69) is 4.98 Å². The first-order chi connectivity index (χ1) is 6.33. The van der Waals surface area contributed by atoms with Gasteiger partial charge < -0.3 is 14.7 Å². The predicted molar refractivity (Wildman–Crippen MR) is 46.0 cm³/mol. The number of hydrogen-bond donors (Lipinski definition) is 2. The lowest BCUT2D eigenvalue weighted by Crippen LogP contribution is -2.09. The number of methoxy groups -OCH3 is 2. The van der Waals surface area contributed by atoms with E-state index in [1.54, 1.807) is 19.4 Å². The van der Waals surface area contributed by atoms with Crippen molar-refractivity contribution in [2.24, 2.45) is 0 Å². The lowest BCUT2D eigenvalue weighted by Gasteiger charge is -2.10. The number of hydroxylamine groups is 1. The number of nitrogens with zero attached hydrogens (tertiary/aromatic N) is 1. The van der Waals surface area contributed by atoms with Gasteiger partial charge in [0, 0.05) is 6.20 Å². The molecule has 1 heterocycles. The second kappa shape index (κ2) is 4.64. The van der Waals surface area contributed by atoms with Gasteiger partial charge in [-0.05, 0) is 6.07 Å². The highest BCUT2D eigenvalue weighted by Gasteiger charge is 2.09. The molecule has 0 atom stereocenters. The van der Waals surface area contributed by atoms with Gasteiger partial charge >= 0.3 is 0 Å². The molecule has 0 aromatic carbocycles. The molecular formula is C8H12N2O3. The SMILES string of the molecule is COc1ccnc(OC)c1CNO. The topological polar surface area (TPSA) is 63.6 Å². The minimum atomic E-state index is 0.236. The molecule has 1 rings (SSSR count). The van der Waals surface area contributed by atoms with Crippen LogP contribution in [0.15, 0.2) is 12.3 Å². The maximum absolute atomic E-state index is 8.57. The molecule has 5 heteroatoms. The molecule has 13 heavy (non-hydrogen) atoms. The van der Waals surface area contributed by atoms with Gasteiger partial charge in [0.25, 0.3) is 0 Å². The van der Waals surface area contributed by atoms with E-state index in [1.807, 2.05) is 5.48 Å². The summed E-state index contributed by atoms with van der Waals surface area (Å²) in [5, 5.41) is 8.57. The van der Waals surface area contributed by atoms with Crippen LogP contribution in [0.4, 0.5) is 0 Å². The highest BCUT2D eigenvalue weighted by molar-refractivity contribution is 5.39. The molecule has 0 aliphatic carbocycles. The molecule has 0 unspecified atom stereocenters. The van der Waals surface area contributed by atoms with Crippen molar-refractivity contribution in [1.29, 1.82) is 0 Å². The van der Waals surface area contributed by atoms with Gasteiger partial charge in [0.1, 0.15) is 5.75 Å². The van der Waals surface area contributed by atoms with E-state index >= 15 is 0 Å². The molecular weight excluding hydrogens is 172 g/mol. The first-order valence-electron chi connectivity index (χ1n) is 3.76. The number of aromatic nitrogens is 1. The molecule has 0 aliphatic heterocycles. The largest absolute Gasteiger partial charge is 0.496 e. The summed E-state index contributed by atoms with van der Waals surface area (Å²) in [4.78, 5) is 3.97. The normalized spacial score (nSPS) is 9.77. The fraction of sp³-hybridized carbons (Fsp3) is 0.375. The highest BCUT2D eigenvalue weighted by atomic mass is 16.5. The average molecular weight is 184 g/mol. The van der Waals surface area contributed by atoms with E-state index in [0.29, 0.717) is 17.2 Å². The summed E-state index contributed by atoms with van der Waals surface area (Å²) >= 11 is 0. The Kier molecular flexibility index (Phi) is 3.48. The molecule has 0 saturated carbocycles. The third kappa shape index (κ3) is 2.07. The fourth-order valence-corrected chi connectivity index (χ4v) is 1.07. The molecule has 5 nitrogen and oxygen atoms in total. The van der Waals surface area contributed by atoms with Crippen LogP contribution in [0, 0.1) is 0 Å². The van der Waals surface area contributed by atoms with Crippen LogP contribution in [0.5, 0.6) is 11.6 Å². The first-order valence-corrected chi connectivity index (χ1v) is 3.76. The molecule has 0 saturated heterocycles. The van der Waals surface area contributed by atoms with E-state index in [1.165, 1.54) is 7.11 Å². The van der Waals surface area contributed by atoms with Crippen LogP contribution in [0.2, 0.25) is 0 Å². The van der Waals surface area contributed by atoms with Crippen molar-refractivity contribution in [3.63, 3.8) is 0 Å². The average Bonchev–Trinajstić information content (AvgIpc) is 2.18. The number of ether oxygens (including phenoxy) is 2. The fourth-order valence-electron chi connectivity index (χ4n) is 1.07. The number of rotatable bonds is 4. The van der Waals surface area contributed by atoms with Crippen molar-refractivity contribution in [2.75, 3.05) is 14.2 Å². The lowest BCUT2D eigenvalue weighted by molar-refractivity contribution is 0.158. The Morgan fingerprint density at radius 2 is 2.23 bits per heavy atom. The van der Waals surface area contributed by atoms with E-state index in [0.717, 1.165) is 0 Å². The second-order valence-electron chi connectivity index (χ2n) is 2.34. The van der Waals surface area contributed by atoms with Crippen molar-refractivity contribution in [1.82, 2.24) is 10.5 Å². The van der Waals surface area contributed by atoms with Crippen LogP contribution in [0.1, 0.15) is 5.56 Å². The summed E-state index contributed by atoms with van der Waals surface area (Å²) in [5.74, 6) is 1.08. The molecule has 0 radical (unpaired) electrons. The van der Waals surface area contributed by atoms with E-state index < -0.39 is 0 Å². The van der Waals surface area contributed by atoms with Crippen molar-refractivity contribution in [2.45, 2.75) is 6.54 Å². The van der Waals surface area contributed by atoms with Gasteiger partial charge in [-0.3, -0.25) is 0 Å². The standard InChI is InChI=1S/C8H12N2O3/c1-12-7-3-4-9-8(13-2)6(7)5-10-11/h3-4,10-11H,5H2,1-2H3. The van der Waals surface area contributed by atoms with Crippen LogP contribution in [0.3, 0.4) is 0 Å². The van der Waals surface area contributed by atoms with Gasteiger partial charge in [-0.15, -0.1) is 0 Å². The third-order valence-corrected chi connectivity index (χ3v) is 1.64. The minimum Gasteiger partial charge on any atom is -0.496 e. The van der Waals surface area contributed by atoms with Crippen LogP contribution in [-0.4, -0.2) is 24.4 Å². The molecule has 1 aromatic heterocycles. The van der Waals surface area contributed by atoms with Gasteiger partial charge in [0.2, 0.25) is 5.88 Å². The summed E-state index contributed by atoms with van der Waals surface area (Å²) < 4.78 is 10.1. The maximum atomic E-state index is 8.57. The van der Waals surface area contributed by atoms with Crippen molar-refractivity contribution >= 4 is 0 Å².